The van der Waals surface area contributed by atoms with Crippen molar-refractivity contribution in [2.24, 2.45) is 0 Å². The molecule has 0 fully saturated rings. The second-order valence-electron chi connectivity index (χ2n) is 5.34. The minimum absolute atomic E-state index is 0. The smallest absolute Gasteiger partial charge is 0.224 e. The highest BCUT2D eigenvalue weighted by Gasteiger charge is 2.14. The molecule has 3 N–H and O–H groups in total. The number of benzene rings is 2. The summed E-state index contributed by atoms with van der Waals surface area (Å²) in [7, 11) is 0. The van der Waals surface area contributed by atoms with Crippen molar-refractivity contribution in [2.75, 3.05) is 11.1 Å². The van der Waals surface area contributed by atoms with Gasteiger partial charge in [0.1, 0.15) is 0 Å². The molecule has 1 atom stereocenters. The quantitative estimate of drug-likeness (QED) is 0.796. The van der Waals surface area contributed by atoms with E-state index in [1.807, 2.05) is 37.3 Å². The van der Waals surface area contributed by atoms with Crippen molar-refractivity contribution in [2.45, 2.75) is 32.6 Å². The fraction of sp³-hybridized carbons (Fsp3) is 0.278. The van der Waals surface area contributed by atoms with Crippen LogP contribution in [0.3, 0.4) is 0 Å². The Morgan fingerprint density at radius 3 is 2.50 bits per heavy atom. The van der Waals surface area contributed by atoms with Gasteiger partial charge in [-0.3, -0.25) is 4.79 Å². The Bertz CT molecular complexity index is 614. The molecule has 0 aliphatic carbocycles. The number of nitrogen functional groups attached to an aromatic ring is 1. The van der Waals surface area contributed by atoms with Crippen LogP contribution in [0.5, 0.6) is 0 Å². The number of halogens is 1. The molecule has 2 rings (SSSR count). The van der Waals surface area contributed by atoms with Gasteiger partial charge in [0, 0.05) is 17.8 Å². The molecule has 2 aromatic rings. The second kappa shape index (κ2) is 8.44. The van der Waals surface area contributed by atoms with Gasteiger partial charge >= 0.3 is 0 Å². The lowest BCUT2D eigenvalue weighted by molar-refractivity contribution is -0.116. The van der Waals surface area contributed by atoms with Crippen molar-refractivity contribution in [3.05, 3.63) is 59.7 Å². The largest absolute Gasteiger partial charge is 0.399 e. The Morgan fingerprint density at radius 1 is 1.18 bits per heavy atom. The van der Waals surface area contributed by atoms with E-state index in [4.69, 9.17) is 5.73 Å². The van der Waals surface area contributed by atoms with Crippen LogP contribution in [0.25, 0.3) is 0 Å². The Kier molecular flexibility index (Phi) is 6.93. The summed E-state index contributed by atoms with van der Waals surface area (Å²) in [6.07, 6.45) is 1.42. The molecular weight excluding hydrogens is 296 g/mol. The van der Waals surface area contributed by atoms with Crippen LogP contribution in [0, 0.1) is 6.92 Å². The third-order valence-electron chi connectivity index (χ3n) is 3.73. The summed E-state index contributed by atoms with van der Waals surface area (Å²) < 4.78 is 0. The van der Waals surface area contributed by atoms with E-state index in [0.717, 1.165) is 17.7 Å². The predicted molar refractivity (Wildman–Crippen MR) is 95.6 cm³/mol. The van der Waals surface area contributed by atoms with Gasteiger partial charge in [-0.15, -0.1) is 12.4 Å². The van der Waals surface area contributed by atoms with Crippen molar-refractivity contribution in [3.8, 4) is 0 Å². The number of carbonyl (C=O) groups is 1. The highest BCUT2D eigenvalue weighted by molar-refractivity contribution is 5.92. The Morgan fingerprint density at radius 2 is 1.86 bits per heavy atom. The topological polar surface area (TPSA) is 55.1 Å². The van der Waals surface area contributed by atoms with Gasteiger partial charge in [-0.05, 0) is 42.5 Å². The van der Waals surface area contributed by atoms with E-state index >= 15 is 0 Å². The average Bonchev–Trinajstić information content (AvgIpc) is 2.49. The molecule has 2 aromatic carbocycles. The van der Waals surface area contributed by atoms with Crippen molar-refractivity contribution in [1.29, 1.82) is 0 Å². The summed E-state index contributed by atoms with van der Waals surface area (Å²) in [5.41, 5.74) is 9.45. The van der Waals surface area contributed by atoms with Gasteiger partial charge in [-0.25, -0.2) is 0 Å². The first-order valence-corrected chi connectivity index (χ1v) is 7.31. The molecule has 0 bridgehead atoms. The monoisotopic (exact) mass is 318 g/mol. The van der Waals surface area contributed by atoms with Crippen LogP contribution in [0.1, 0.15) is 36.8 Å². The minimum Gasteiger partial charge on any atom is -0.399 e. The molecule has 0 aliphatic heterocycles. The van der Waals surface area contributed by atoms with Crippen LogP contribution >= 0.6 is 12.4 Å². The zero-order valence-corrected chi connectivity index (χ0v) is 13.8. The lowest BCUT2D eigenvalue weighted by atomic mass is 9.93. The van der Waals surface area contributed by atoms with Crippen LogP contribution in [-0.4, -0.2) is 5.91 Å². The van der Waals surface area contributed by atoms with Gasteiger partial charge in [0.2, 0.25) is 5.91 Å². The first-order chi connectivity index (χ1) is 10.1. The second-order valence-corrected chi connectivity index (χ2v) is 5.34. The lowest BCUT2D eigenvalue weighted by Gasteiger charge is -2.16. The van der Waals surface area contributed by atoms with Gasteiger partial charge in [0.15, 0.2) is 0 Å². The molecule has 0 saturated carbocycles. The number of amides is 1. The fourth-order valence-corrected chi connectivity index (χ4v) is 2.42. The summed E-state index contributed by atoms with van der Waals surface area (Å²) in [6.45, 7) is 4.07. The Hall–Kier alpha value is -2.00. The molecule has 22 heavy (non-hydrogen) atoms. The van der Waals surface area contributed by atoms with Crippen molar-refractivity contribution < 1.29 is 4.79 Å². The number of hydrogen-bond acceptors (Lipinski definition) is 2. The van der Waals surface area contributed by atoms with Crippen LogP contribution in [-0.2, 0) is 4.79 Å². The molecular formula is C18H23ClN2O. The zero-order valence-electron chi connectivity index (χ0n) is 13.0. The van der Waals surface area contributed by atoms with Gasteiger partial charge in [0.25, 0.3) is 0 Å². The number of hydrogen-bond donors (Lipinski definition) is 2. The van der Waals surface area contributed by atoms with E-state index in [9.17, 15) is 4.79 Å². The van der Waals surface area contributed by atoms with E-state index in [0.29, 0.717) is 12.1 Å². The molecule has 118 valence electrons. The summed E-state index contributed by atoms with van der Waals surface area (Å²) >= 11 is 0. The van der Waals surface area contributed by atoms with Gasteiger partial charge < -0.3 is 11.1 Å². The van der Waals surface area contributed by atoms with E-state index in [2.05, 4.69) is 24.4 Å². The standard InChI is InChI=1S/C18H22N2O.ClH/c1-3-14(15-7-5-4-6-8-15)11-18(21)20-17-12-16(19)10-9-13(17)2;/h4-10,12,14H,3,11,19H2,1-2H3,(H,20,21);1H. The fourth-order valence-electron chi connectivity index (χ4n) is 2.42. The third kappa shape index (κ3) is 4.78. The number of nitrogens with one attached hydrogen (secondary N) is 1. The van der Waals surface area contributed by atoms with Gasteiger partial charge in [-0.2, -0.15) is 0 Å². The number of aryl methyl sites for hydroxylation is 1. The Labute approximate surface area is 138 Å². The average molecular weight is 319 g/mol. The van der Waals surface area contributed by atoms with Crippen LogP contribution in [0.4, 0.5) is 11.4 Å². The van der Waals surface area contributed by atoms with Gasteiger partial charge in [0.05, 0.1) is 0 Å². The molecule has 0 heterocycles. The summed E-state index contributed by atoms with van der Waals surface area (Å²) in [5.74, 6) is 0.270. The zero-order chi connectivity index (χ0) is 15.2. The van der Waals surface area contributed by atoms with Gasteiger partial charge in [-0.1, -0.05) is 43.3 Å². The first kappa shape index (κ1) is 18.1. The van der Waals surface area contributed by atoms with Crippen LogP contribution in [0.2, 0.25) is 0 Å². The minimum atomic E-state index is 0. The van der Waals surface area contributed by atoms with E-state index in [1.54, 1.807) is 6.07 Å². The van der Waals surface area contributed by atoms with Crippen LogP contribution < -0.4 is 11.1 Å². The first-order valence-electron chi connectivity index (χ1n) is 7.31. The normalized spacial score (nSPS) is 11.4. The summed E-state index contributed by atoms with van der Waals surface area (Å²) in [4.78, 5) is 12.3. The van der Waals surface area contributed by atoms with E-state index in [-0.39, 0.29) is 24.2 Å². The predicted octanol–water partition coefficient (Wildman–Crippen LogP) is 4.52. The highest BCUT2D eigenvalue weighted by Crippen LogP contribution is 2.24. The van der Waals surface area contributed by atoms with E-state index in [1.165, 1.54) is 5.56 Å². The van der Waals surface area contributed by atoms with Crippen LogP contribution in [0.15, 0.2) is 48.5 Å². The number of anilines is 2. The Balaban J connectivity index is 0.00000242. The summed E-state index contributed by atoms with van der Waals surface area (Å²) in [5, 5.41) is 2.97. The molecule has 1 unspecified atom stereocenters. The molecule has 0 aliphatic rings. The number of rotatable bonds is 5. The molecule has 0 aromatic heterocycles. The lowest BCUT2D eigenvalue weighted by Crippen LogP contribution is -2.16. The van der Waals surface area contributed by atoms with Crippen molar-refractivity contribution in [1.82, 2.24) is 0 Å². The van der Waals surface area contributed by atoms with Crippen molar-refractivity contribution in [3.63, 3.8) is 0 Å². The maximum atomic E-state index is 12.3. The molecule has 1 amide bonds. The highest BCUT2D eigenvalue weighted by atomic mass is 35.5. The molecule has 4 heteroatoms. The number of nitrogens with two attached hydrogens (primary N) is 1. The number of carbonyl (C=O) groups excluding carboxylic acids is 1. The molecule has 0 radical (unpaired) electrons. The SMILES string of the molecule is CCC(CC(=O)Nc1cc(N)ccc1C)c1ccccc1.Cl. The molecule has 3 nitrogen and oxygen atoms in total. The molecule has 0 spiro atoms. The summed E-state index contributed by atoms with van der Waals surface area (Å²) in [6, 6.07) is 15.7. The van der Waals surface area contributed by atoms with E-state index < -0.39 is 0 Å². The maximum Gasteiger partial charge on any atom is 0.224 e. The maximum absolute atomic E-state index is 12.3. The third-order valence-corrected chi connectivity index (χ3v) is 3.73. The molecule has 0 saturated heterocycles. The van der Waals surface area contributed by atoms with Crippen molar-refractivity contribution >= 4 is 29.7 Å².